The van der Waals surface area contributed by atoms with E-state index in [0.29, 0.717) is 17.5 Å². The Kier molecular flexibility index (Phi) is 8.50. The molecule has 1 aliphatic rings. The van der Waals surface area contributed by atoms with E-state index in [1.165, 1.54) is 60.5 Å². The fourth-order valence-electron chi connectivity index (χ4n) is 9.35. The average Bonchev–Trinajstić information content (AvgIpc) is 3.68. The summed E-state index contributed by atoms with van der Waals surface area (Å²) in [5.41, 5.74) is 17.2. The minimum Gasteiger partial charge on any atom is -0.208 e. The Labute approximate surface area is 360 Å². The van der Waals surface area contributed by atoms with Crippen LogP contribution in [0, 0.1) is 0 Å². The SMILES string of the molecule is c1ccc(-c2nc(-c3cccc(-c4cc5ccccc5cc4-c4cccc(-c5ccc6c7c(cccc57)-c5ccccc5-6)c4)c3)nc(-c3ccccc3-c3ccccc3)n2)cc1. The predicted octanol–water partition coefficient (Wildman–Crippen LogP) is 15.5. The summed E-state index contributed by atoms with van der Waals surface area (Å²) in [7, 11) is 0. The van der Waals surface area contributed by atoms with Crippen LogP contribution in [0.25, 0.3) is 122 Å². The third kappa shape index (κ3) is 6.10. The Bertz CT molecular complexity index is 3490. The van der Waals surface area contributed by atoms with Crippen LogP contribution in [-0.2, 0) is 0 Å². The molecule has 0 amide bonds. The monoisotopic (exact) mass is 787 g/mol. The van der Waals surface area contributed by atoms with Crippen molar-refractivity contribution < 1.29 is 0 Å². The molecule has 0 saturated heterocycles. The van der Waals surface area contributed by atoms with E-state index < -0.39 is 0 Å². The Hall–Kier alpha value is -8.27. The normalized spacial score (nSPS) is 11.5. The van der Waals surface area contributed by atoms with Crippen LogP contribution in [0.2, 0.25) is 0 Å². The van der Waals surface area contributed by atoms with Gasteiger partial charge < -0.3 is 0 Å². The molecular weight excluding hydrogens is 751 g/mol. The van der Waals surface area contributed by atoms with E-state index in [-0.39, 0.29) is 0 Å². The van der Waals surface area contributed by atoms with Crippen molar-refractivity contribution >= 4 is 21.5 Å². The highest BCUT2D eigenvalue weighted by atomic mass is 15.0. The summed E-state index contributed by atoms with van der Waals surface area (Å²) < 4.78 is 0. The molecule has 288 valence electrons. The van der Waals surface area contributed by atoms with Crippen molar-refractivity contribution in [3.05, 3.63) is 224 Å². The molecule has 62 heavy (non-hydrogen) atoms. The Morgan fingerprint density at radius 2 is 0.629 bits per heavy atom. The number of aromatic nitrogens is 3. The first kappa shape index (κ1) is 35.7. The van der Waals surface area contributed by atoms with Crippen LogP contribution < -0.4 is 0 Å². The number of fused-ring (bicyclic) bond motifs is 4. The zero-order valence-corrected chi connectivity index (χ0v) is 33.7. The fraction of sp³-hybridized carbons (Fsp3) is 0. The lowest BCUT2D eigenvalue weighted by molar-refractivity contribution is 1.07. The van der Waals surface area contributed by atoms with Gasteiger partial charge in [-0.05, 0) is 113 Å². The van der Waals surface area contributed by atoms with Gasteiger partial charge in [0, 0.05) is 16.7 Å². The van der Waals surface area contributed by atoms with E-state index >= 15 is 0 Å². The smallest absolute Gasteiger partial charge is 0.164 e. The Morgan fingerprint density at radius 3 is 1.29 bits per heavy atom. The van der Waals surface area contributed by atoms with Crippen LogP contribution in [0.15, 0.2) is 224 Å². The third-order valence-electron chi connectivity index (χ3n) is 12.3. The first-order valence-corrected chi connectivity index (χ1v) is 21.1. The average molecular weight is 788 g/mol. The van der Waals surface area contributed by atoms with Gasteiger partial charge in [0.25, 0.3) is 0 Å². The van der Waals surface area contributed by atoms with Gasteiger partial charge in [0.1, 0.15) is 0 Å². The van der Waals surface area contributed by atoms with Crippen LogP contribution in [-0.4, -0.2) is 15.0 Å². The molecule has 11 aromatic rings. The molecular formula is C59H37N3. The van der Waals surface area contributed by atoms with Crippen LogP contribution >= 0.6 is 0 Å². The van der Waals surface area contributed by atoms with Crippen molar-refractivity contribution in [2.45, 2.75) is 0 Å². The maximum Gasteiger partial charge on any atom is 0.164 e. The van der Waals surface area contributed by atoms with E-state index in [1.807, 2.05) is 24.3 Å². The van der Waals surface area contributed by atoms with Crippen molar-refractivity contribution in [1.82, 2.24) is 15.0 Å². The molecule has 0 saturated carbocycles. The molecule has 0 fully saturated rings. The maximum atomic E-state index is 5.23. The molecule has 1 aliphatic carbocycles. The summed E-state index contributed by atoms with van der Waals surface area (Å²) in [6.45, 7) is 0. The predicted molar refractivity (Wildman–Crippen MR) is 257 cm³/mol. The minimum atomic E-state index is 0.622. The lowest BCUT2D eigenvalue weighted by atomic mass is 9.88. The van der Waals surface area contributed by atoms with Gasteiger partial charge in [0.05, 0.1) is 0 Å². The quantitative estimate of drug-likeness (QED) is 0.161. The summed E-state index contributed by atoms with van der Waals surface area (Å²) in [6, 6.07) is 80.1. The van der Waals surface area contributed by atoms with Gasteiger partial charge in [-0.25, -0.2) is 15.0 Å². The van der Waals surface area contributed by atoms with Gasteiger partial charge in [0.15, 0.2) is 17.5 Å². The van der Waals surface area contributed by atoms with Crippen molar-refractivity contribution in [3.63, 3.8) is 0 Å². The number of nitrogens with zero attached hydrogens (tertiary/aromatic N) is 3. The molecule has 12 rings (SSSR count). The van der Waals surface area contributed by atoms with E-state index in [4.69, 9.17) is 15.0 Å². The van der Waals surface area contributed by atoms with Crippen molar-refractivity contribution in [1.29, 1.82) is 0 Å². The lowest BCUT2D eigenvalue weighted by Crippen LogP contribution is -2.01. The Balaban J connectivity index is 1.00. The van der Waals surface area contributed by atoms with Gasteiger partial charge in [0.2, 0.25) is 0 Å². The Morgan fingerprint density at radius 1 is 0.210 bits per heavy atom. The molecule has 3 heteroatoms. The van der Waals surface area contributed by atoms with Crippen molar-refractivity contribution in [3.8, 4) is 101 Å². The molecule has 0 unspecified atom stereocenters. The zero-order chi connectivity index (χ0) is 41.0. The second-order valence-electron chi connectivity index (χ2n) is 15.9. The van der Waals surface area contributed by atoms with Gasteiger partial charge in [-0.3, -0.25) is 0 Å². The van der Waals surface area contributed by atoms with Crippen molar-refractivity contribution in [2.75, 3.05) is 0 Å². The summed E-state index contributed by atoms with van der Waals surface area (Å²) in [6.07, 6.45) is 0. The van der Waals surface area contributed by atoms with Gasteiger partial charge in [-0.2, -0.15) is 0 Å². The van der Waals surface area contributed by atoms with Crippen molar-refractivity contribution in [2.24, 2.45) is 0 Å². The molecule has 1 heterocycles. The fourth-order valence-corrected chi connectivity index (χ4v) is 9.35. The number of benzene rings is 10. The maximum absolute atomic E-state index is 5.23. The van der Waals surface area contributed by atoms with E-state index in [2.05, 4.69) is 200 Å². The minimum absolute atomic E-state index is 0.622. The number of hydrogen-bond acceptors (Lipinski definition) is 3. The van der Waals surface area contributed by atoms with Gasteiger partial charge >= 0.3 is 0 Å². The van der Waals surface area contributed by atoms with E-state index in [1.54, 1.807) is 0 Å². The van der Waals surface area contributed by atoms with Crippen LogP contribution in [0.1, 0.15) is 0 Å². The van der Waals surface area contributed by atoms with E-state index in [0.717, 1.165) is 44.5 Å². The molecule has 0 atom stereocenters. The first-order chi connectivity index (χ1) is 30.7. The summed E-state index contributed by atoms with van der Waals surface area (Å²) >= 11 is 0. The van der Waals surface area contributed by atoms with E-state index in [9.17, 15) is 0 Å². The van der Waals surface area contributed by atoms with Gasteiger partial charge in [-0.15, -0.1) is 0 Å². The molecule has 0 bridgehead atoms. The molecule has 0 spiro atoms. The second kappa shape index (κ2) is 14.8. The molecule has 0 aliphatic heterocycles. The largest absolute Gasteiger partial charge is 0.208 e. The topological polar surface area (TPSA) is 38.7 Å². The van der Waals surface area contributed by atoms with Crippen LogP contribution in [0.4, 0.5) is 0 Å². The molecule has 0 N–H and O–H groups in total. The highest BCUT2D eigenvalue weighted by Crippen LogP contribution is 2.49. The highest BCUT2D eigenvalue weighted by Gasteiger charge is 2.23. The molecule has 1 aromatic heterocycles. The summed E-state index contributed by atoms with van der Waals surface area (Å²) in [5, 5.41) is 4.99. The van der Waals surface area contributed by atoms with Crippen LogP contribution in [0.5, 0.6) is 0 Å². The molecule has 10 aromatic carbocycles. The zero-order valence-electron chi connectivity index (χ0n) is 33.7. The number of hydrogen-bond donors (Lipinski definition) is 0. The summed E-state index contributed by atoms with van der Waals surface area (Å²) in [4.78, 5) is 15.5. The molecule has 0 radical (unpaired) electrons. The first-order valence-electron chi connectivity index (χ1n) is 21.1. The summed E-state index contributed by atoms with van der Waals surface area (Å²) in [5.74, 6) is 1.89. The van der Waals surface area contributed by atoms with Gasteiger partial charge in [-0.1, -0.05) is 200 Å². The third-order valence-corrected chi connectivity index (χ3v) is 12.3. The van der Waals surface area contributed by atoms with Crippen LogP contribution in [0.3, 0.4) is 0 Å². The lowest BCUT2D eigenvalue weighted by Gasteiger charge is -2.16. The molecule has 3 nitrogen and oxygen atoms in total. The standard InChI is InChI=1S/C59H37N3/c1-3-16-38(17-4-1)46-26-9-12-29-53(46)59-61-57(39-18-5-2-6-19-39)60-58(62-59)45-25-14-24-44(35-45)55-37-41-21-8-7-20-40(41)36-54(55)43-23-13-22-42(34-43)47-32-33-52-49-28-11-10-27-48(49)51-31-15-30-50(47)56(51)52/h1-37H. The highest BCUT2D eigenvalue weighted by molar-refractivity contribution is 6.18. The number of rotatable bonds is 7. The second-order valence-corrected chi connectivity index (χ2v) is 15.9.